The van der Waals surface area contributed by atoms with E-state index in [1.165, 1.54) is 18.6 Å². The standard InChI is InChI=1S/C10H14N2O4/c13-8-4-5-9(14)12(8)16-10(15)6-11-7-2-1-3-7/h4-5,7,11,13-14H,1-3,6H2. The first-order valence-electron chi connectivity index (χ1n) is 5.21. The predicted octanol–water partition coefficient (Wildman–Crippen LogP) is -0.00340. The molecule has 1 aromatic rings. The zero-order valence-electron chi connectivity index (χ0n) is 8.72. The van der Waals surface area contributed by atoms with Gasteiger partial charge >= 0.3 is 5.97 Å². The highest BCUT2D eigenvalue weighted by molar-refractivity contribution is 5.72. The minimum Gasteiger partial charge on any atom is -0.492 e. The van der Waals surface area contributed by atoms with Gasteiger partial charge in [0.25, 0.3) is 0 Å². The lowest BCUT2D eigenvalue weighted by atomic mass is 9.93. The van der Waals surface area contributed by atoms with E-state index < -0.39 is 5.97 Å². The van der Waals surface area contributed by atoms with Crippen molar-refractivity contribution in [2.75, 3.05) is 6.54 Å². The van der Waals surface area contributed by atoms with E-state index in [1.807, 2.05) is 0 Å². The second kappa shape index (κ2) is 4.44. The van der Waals surface area contributed by atoms with Gasteiger partial charge in [-0.15, -0.1) is 4.73 Å². The van der Waals surface area contributed by atoms with Crippen LogP contribution in [0.4, 0.5) is 0 Å². The van der Waals surface area contributed by atoms with Crippen LogP contribution in [0.1, 0.15) is 19.3 Å². The van der Waals surface area contributed by atoms with E-state index in [4.69, 9.17) is 4.84 Å². The van der Waals surface area contributed by atoms with Crippen LogP contribution in [-0.4, -0.2) is 33.5 Å². The molecule has 0 amide bonds. The van der Waals surface area contributed by atoms with Crippen LogP contribution < -0.4 is 10.2 Å². The Labute approximate surface area is 92.4 Å². The van der Waals surface area contributed by atoms with Crippen LogP contribution >= 0.6 is 0 Å². The van der Waals surface area contributed by atoms with Gasteiger partial charge in [0.05, 0.1) is 6.54 Å². The molecule has 1 aliphatic carbocycles. The SMILES string of the molecule is O=C(CNC1CCC1)On1c(O)ccc1O. The maximum absolute atomic E-state index is 11.3. The van der Waals surface area contributed by atoms with Gasteiger partial charge in [-0.1, -0.05) is 6.42 Å². The topological polar surface area (TPSA) is 83.7 Å². The van der Waals surface area contributed by atoms with Gasteiger partial charge in [-0.3, -0.25) is 0 Å². The van der Waals surface area contributed by atoms with Crippen molar-refractivity contribution >= 4 is 5.97 Å². The highest BCUT2D eigenvalue weighted by atomic mass is 16.7. The van der Waals surface area contributed by atoms with Crippen LogP contribution in [0.3, 0.4) is 0 Å². The Kier molecular flexibility index (Phi) is 3.00. The zero-order valence-corrected chi connectivity index (χ0v) is 8.72. The fourth-order valence-electron chi connectivity index (χ4n) is 1.47. The van der Waals surface area contributed by atoms with Crippen LogP contribution in [0.25, 0.3) is 0 Å². The van der Waals surface area contributed by atoms with Gasteiger partial charge < -0.3 is 20.4 Å². The van der Waals surface area contributed by atoms with Crippen LogP contribution in [0.5, 0.6) is 11.8 Å². The molecule has 1 aromatic heterocycles. The van der Waals surface area contributed by atoms with E-state index in [0.29, 0.717) is 10.8 Å². The molecule has 0 spiro atoms. The highest BCUT2D eigenvalue weighted by Gasteiger charge is 2.19. The third kappa shape index (κ3) is 2.27. The molecule has 0 saturated heterocycles. The number of nitrogens with zero attached hydrogens (tertiary/aromatic N) is 1. The first kappa shape index (κ1) is 10.8. The second-order valence-electron chi connectivity index (χ2n) is 3.82. The molecule has 0 unspecified atom stereocenters. The van der Waals surface area contributed by atoms with Gasteiger partial charge in [-0.05, 0) is 12.8 Å². The molecular weight excluding hydrogens is 212 g/mol. The summed E-state index contributed by atoms with van der Waals surface area (Å²) < 4.78 is 0.685. The minimum absolute atomic E-state index is 0.0712. The molecule has 2 rings (SSSR count). The molecule has 0 aromatic carbocycles. The first-order chi connectivity index (χ1) is 7.66. The lowest BCUT2D eigenvalue weighted by Crippen LogP contribution is -2.40. The number of carbonyl (C=O) groups excluding carboxylic acids is 1. The van der Waals surface area contributed by atoms with Crippen molar-refractivity contribution in [1.82, 2.24) is 10.0 Å². The lowest BCUT2D eigenvalue weighted by molar-refractivity contribution is -0.144. The fraction of sp³-hybridized carbons (Fsp3) is 0.500. The van der Waals surface area contributed by atoms with Gasteiger partial charge in [0.15, 0.2) is 0 Å². The summed E-state index contributed by atoms with van der Waals surface area (Å²) in [6.07, 6.45) is 3.34. The number of aromatic nitrogens is 1. The van der Waals surface area contributed by atoms with Gasteiger partial charge in [0, 0.05) is 18.2 Å². The molecule has 1 aliphatic rings. The van der Waals surface area contributed by atoms with Crippen molar-refractivity contribution in [2.45, 2.75) is 25.3 Å². The molecule has 3 N–H and O–H groups in total. The van der Waals surface area contributed by atoms with Crippen LogP contribution in [0.15, 0.2) is 12.1 Å². The number of hydrogen-bond acceptors (Lipinski definition) is 5. The normalized spacial score (nSPS) is 15.8. The Bertz CT molecular complexity index is 365. The van der Waals surface area contributed by atoms with Crippen molar-refractivity contribution < 1.29 is 19.8 Å². The van der Waals surface area contributed by atoms with Gasteiger partial charge in [-0.25, -0.2) is 4.79 Å². The fourth-order valence-corrected chi connectivity index (χ4v) is 1.47. The number of carbonyl (C=O) groups is 1. The summed E-state index contributed by atoms with van der Waals surface area (Å²) in [6, 6.07) is 2.86. The summed E-state index contributed by atoms with van der Waals surface area (Å²) in [4.78, 5) is 16.1. The summed E-state index contributed by atoms with van der Waals surface area (Å²) in [7, 11) is 0. The van der Waals surface area contributed by atoms with Crippen LogP contribution in [-0.2, 0) is 4.79 Å². The molecule has 6 nitrogen and oxygen atoms in total. The van der Waals surface area contributed by atoms with Gasteiger partial charge in [0.1, 0.15) is 0 Å². The molecule has 0 bridgehead atoms. The summed E-state index contributed by atoms with van der Waals surface area (Å²) in [5, 5.41) is 21.5. The van der Waals surface area contributed by atoms with E-state index in [0.717, 1.165) is 12.8 Å². The molecule has 0 atom stereocenters. The van der Waals surface area contributed by atoms with Crippen molar-refractivity contribution in [3.05, 3.63) is 12.1 Å². The molecule has 6 heteroatoms. The van der Waals surface area contributed by atoms with E-state index in [9.17, 15) is 15.0 Å². The zero-order chi connectivity index (χ0) is 11.5. The Balaban J connectivity index is 1.82. The van der Waals surface area contributed by atoms with Gasteiger partial charge in [-0.2, -0.15) is 0 Å². The molecule has 0 aliphatic heterocycles. The largest absolute Gasteiger partial charge is 0.492 e. The van der Waals surface area contributed by atoms with Crippen LogP contribution in [0.2, 0.25) is 0 Å². The van der Waals surface area contributed by atoms with E-state index in [1.54, 1.807) is 0 Å². The number of hydrogen-bond donors (Lipinski definition) is 3. The lowest BCUT2D eigenvalue weighted by Gasteiger charge is -2.25. The van der Waals surface area contributed by atoms with Crippen molar-refractivity contribution in [1.29, 1.82) is 0 Å². The van der Waals surface area contributed by atoms with E-state index in [2.05, 4.69) is 5.32 Å². The summed E-state index contributed by atoms with van der Waals surface area (Å²) in [5.74, 6) is -1.17. The van der Waals surface area contributed by atoms with Crippen molar-refractivity contribution in [3.8, 4) is 11.8 Å². The second-order valence-corrected chi connectivity index (χ2v) is 3.82. The van der Waals surface area contributed by atoms with E-state index in [-0.39, 0.29) is 18.3 Å². The smallest absolute Gasteiger partial charge is 0.346 e. The number of aromatic hydroxyl groups is 2. The molecule has 1 heterocycles. The quantitative estimate of drug-likeness (QED) is 0.673. The average Bonchev–Trinajstić information content (AvgIpc) is 2.47. The van der Waals surface area contributed by atoms with Crippen molar-refractivity contribution in [3.63, 3.8) is 0 Å². The molecule has 1 saturated carbocycles. The average molecular weight is 226 g/mol. The van der Waals surface area contributed by atoms with E-state index >= 15 is 0 Å². The molecule has 88 valence electrons. The monoisotopic (exact) mass is 226 g/mol. The summed E-state index contributed by atoms with van der Waals surface area (Å²) in [5.41, 5.74) is 0. The number of nitrogens with one attached hydrogen (secondary N) is 1. The molecule has 0 radical (unpaired) electrons. The number of rotatable bonds is 4. The Hall–Kier alpha value is -1.69. The maximum atomic E-state index is 11.3. The van der Waals surface area contributed by atoms with Crippen molar-refractivity contribution in [2.24, 2.45) is 0 Å². The molecular formula is C10H14N2O4. The highest BCUT2D eigenvalue weighted by Crippen LogP contribution is 2.19. The molecule has 16 heavy (non-hydrogen) atoms. The predicted molar refractivity (Wildman–Crippen MR) is 55.0 cm³/mol. The Morgan fingerprint density at radius 1 is 1.44 bits per heavy atom. The third-order valence-electron chi connectivity index (χ3n) is 2.63. The first-order valence-corrected chi connectivity index (χ1v) is 5.21. The third-order valence-corrected chi connectivity index (χ3v) is 2.63. The Morgan fingerprint density at radius 2 is 2.06 bits per heavy atom. The summed E-state index contributed by atoms with van der Waals surface area (Å²) >= 11 is 0. The maximum Gasteiger partial charge on any atom is 0.346 e. The molecule has 1 fully saturated rings. The summed E-state index contributed by atoms with van der Waals surface area (Å²) in [6.45, 7) is 0.0712. The minimum atomic E-state index is -0.547. The Morgan fingerprint density at radius 3 is 2.56 bits per heavy atom. The van der Waals surface area contributed by atoms with Gasteiger partial charge in [0.2, 0.25) is 11.8 Å². The van der Waals surface area contributed by atoms with Crippen LogP contribution in [0, 0.1) is 0 Å².